The summed E-state index contributed by atoms with van der Waals surface area (Å²) >= 11 is 0. The molecule has 4 rings (SSSR count). The second kappa shape index (κ2) is 5.82. The number of pyridine rings is 1. The Morgan fingerprint density at radius 3 is 2.86 bits per heavy atom. The fourth-order valence-corrected chi connectivity index (χ4v) is 3.38. The van der Waals surface area contributed by atoms with Gasteiger partial charge in [0.25, 0.3) is 0 Å². The van der Waals surface area contributed by atoms with Gasteiger partial charge in [0.05, 0.1) is 18.7 Å². The van der Waals surface area contributed by atoms with Crippen molar-refractivity contribution in [2.45, 2.75) is 18.9 Å². The number of ether oxygens (including phenoxy) is 1. The summed E-state index contributed by atoms with van der Waals surface area (Å²) < 4.78 is 19.0. The molecule has 1 aromatic carbocycles. The van der Waals surface area contributed by atoms with Crippen LogP contribution in [-0.4, -0.2) is 37.8 Å². The van der Waals surface area contributed by atoms with Crippen LogP contribution in [0, 0.1) is 5.82 Å². The Hall–Kier alpha value is -1.72. The van der Waals surface area contributed by atoms with Crippen molar-refractivity contribution in [2.75, 3.05) is 37.7 Å². The topological polar surface area (TPSA) is 37.4 Å². The van der Waals surface area contributed by atoms with E-state index >= 15 is 0 Å². The molecule has 0 aliphatic carbocycles. The molecule has 0 radical (unpaired) electrons. The third-order valence-corrected chi connectivity index (χ3v) is 4.53. The zero-order chi connectivity index (χ0) is 14.9. The van der Waals surface area contributed by atoms with Gasteiger partial charge in [-0.25, -0.2) is 9.37 Å². The summed E-state index contributed by atoms with van der Waals surface area (Å²) in [5.74, 6) is 0.750. The first kappa shape index (κ1) is 13.9. The van der Waals surface area contributed by atoms with Gasteiger partial charge >= 0.3 is 0 Å². The largest absolute Gasteiger partial charge is 0.378 e. The van der Waals surface area contributed by atoms with Crippen LogP contribution in [-0.2, 0) is 4.74 Å². The van der Waals surface area contributed by atoms with Crippen LogP contribution in [0.15, 0.2) is 24.3 Å². The van der Waals surface area contributed by atoms with E-state index in [9.17, 15) is 4.39 Å². The number of hydrogen-bond acceptors (Lipinski definition) is 4. The lowest BCUT2D eigenvalue weighted by atomic mass is 10.0. The highest BCUT2D eigenvalue weighted by Gasteiger charge is 2.24. The van der Waals surface area contributed by atoms with E-state index in [1.54, 1.807) is 0 Å². The van der Waals surface area contributed by atoms with Crippen LogP contribution in [0.1, 0.15) is 24.4 Å². The molecule has 2 fully saturated rings. The first-order valence-electron chi connectivity index (χ1n) is 7.97. The van der Waals surface area contributed by atoms with E-state index in [2.05, 4.69) is 16.3 Å². The number of morpholine rings is 1. The normalized spacial score (nSPS) is 22.4. The Balaban J connectivity index is 1.83. The SMILES string of the molecule is Fc1ccc2cc(C3CCCN3)c(N3CCOCC3)nc2c1. The molecular weight excluding hydrogens is 281 g/mol. The first-order chi connectivity index (χ1) is 10.8. The number of fused-ring (bicyclic) bond motifs is 1. The Labute approximate surface area is 129 Å². The highest BCUT2D eigenvalue weighted by atomic mass is 19.1. The predicted molar refractivity (Wildman–Crippen MR) is 84.7 cm³/mol. The fourth-order valence-electron chi connectivity index (χ4n) is 3.38. The van der Waals surface area contributed by atoms with Gasteiger partial charge in [-0.1, -0.05) is 0 Å². The number of halogens is 1. The molecule has 2 aromatic rings. The molecular formula is C17H20FN3O. The number of hydrogen-bond donors (Lipinski definition) is 1. The monoisotopic (exact) mass is 301 g/mol. The van der Waals surface area contributed by atoms with Gasteiger partial charge in [-0.2, -0.15) is 0 Å². The molecule has 1 atom stereocenters. The number of nitrogens with one attached hydrogen (secondary N) is 1. The highest BCUT2D eigenvalue weighted by Crippen LogP contribution is 2.33. The Morgan fingerprint density at radius 1 is 1.23 bits per heavy atom. The quantitative estimate of drug-likeness (QED) is 0.925. The van der Waals surface area contributed by atoms with Gasteiger partial charge in [0.1, 0.15) is 11.6 Å². The van der Waals surface area contributed by atoms with Crippen LogP contribution < -0.4 is 10.2 Å². The van der Waals surface area contributed by atoms with E-state index in [0.29, 0.717) is 6.04 Å². The zero-order valence-corrected chi connectivity index (χ0v) is 12.5. The van der Waals surface area contributed by atoms with Crippen LogP contribution in [0.2, 0.25) is 0 Å². The molecule has 2 aliphatic heterocycles. The zero-order valence-electron chi connectivity index (χ0n) is 12.5. The molecule has 1 aromatic heterocycles. The van der Waals surface area contributed by atoms with Crippen LogP contribution in [0.5, 0.6) is 0 Å². The number of aromatic nitrogens is 1. The number of anilines is 1. The van der Waals surface area contributed by atoms with E-state index in [1.165, 1.54) is 24.1 Å². The van der Waals surface area contributed by atoms with E-state index < -0.39 is 0 Å². The van der Waals surface area contributed by atoms with E-state index in [0.717, 1.165) is 56.0 Å². The number of rotatable bonds is 2. The molecule has 3 heterocycles. The molecule has 0 saturated carbocycles. The van der Waals surface area contributed by atoms with Crippen LogP contribution in [0.3, 0.4) is 0 Å². The molecule has 4 nitrogen and oxygen atoms in total. The molecule has 2 aliphatic rings. The van der Waals surface area contributed by atoms with Crippen molar-refractivity contribution in [1.29, 1.82) is 0 Å². The van der Waals surface area contributed by atoms with Crippen molar-refractivity contribution >= 4 is 16.7 Å². The average molecular weight is 301 g/mol. The van der Waals surface area contributed by atoms with Gasteiger partial charge in [-0.15, -0.1) is 0 Å². The third kappa shape index (κ3) is 2.55. The van der Waals surface area contributed by atoms with Crippen molar-refractivity contribution in [1.82, 2.24) is 10.3 Å². The minimum Gasteiger partial charge on any atom is -0.378 e. The maximum atomic E-state index is 13.5. The summed E-state index contributed by atoms with van der Waals surface area (Å²) in [7, 11) is 0. The molecule has 1 unspecified atom stereocenters. The first-order valence-corrected chi connectivity index (χ1v) is 7.97. The maximum Gasteiger partial charge on any atom is 0.134 e. The number of benzene rings is 1. The Morgan fingerprint density at radius 2 is 2.09 bits per heavy atom. The molecule has 0 spiro atoms. The number of nitrogens with zero attached hydrogens (tertiary/aromatic N) is 2. The van der Waals surface area contributed by atoms with E-state index in [4.69, 9.17) is 9.72 Å². The fraction of sp³-hybridized carbons (Fsp3) is 0.471. The van der Waals surface area contributed by atoms with Crippen LogP contribution >= 0.6 is 0 Å². The smallest absolute Gasteiger partial charge is 0.134 e. The molecule has 2 saturated heterocycles. The van der Waals surface area contributed by atoms with Crippen molar-refractivity contribution in [3.63, 3.8) is 0 Å². The van der Waals surface area contributed by atoms with Crippen molar-refractivity contribution in [2.24, 2.45) is 0 Å². The van der Waals surface area contributed by atoms with E-state index in [1.807, 2.05) is 6.07 Å². The van der Waals surface area contributed by atoms with Gasteiger partial charge in [-0.05, 0) is 37.6 Å². The lowest BCUT2D eigenvalue weighted by Gasteiger charge is -2.31. The van der Waals surface area contributed by atoms with Crippen LogP contribution in [0.4, 0.5) is 10.2 Å². The second-order valence-electron chi connectivity index (χ2n) is 5.99. The summed E-state index contributed by atoms with van der Waals surface area (Å²) in [6, 6.07) is 7.37. The van der Waals surface area contributed by atoms with Gasteiger partial charge in [0, 0.05) is 36.1 Å². The Kier molecular flexibility index (Phi) is 3.68. The van der Waals surface area contributed by atoms with Crippen molar-refractivity contribution in [3.8, 4) is 0 Å². The lowest BCUT2D eigenvalue weighted by molar-refractivity contribution is 0.122. The summed E-state index contributed by atoms with van der Waals surface area (Å²) in [6.45, 7) is 4.18. The summed E-state index contributed by atoms with van der Waals surface area (Å²) in [4.78, 5) is 7.06. The lowest BCUT2D eigenvalue weighted by Crippen LogP contribution is -2.38. The summed E-state index contributed by atoms with van der Waals surface area (Å²) in [5.41, 5.74) is 1.96. The molecule has 1 N–H and O–H groups in total. The minimum absolute atomic E-state index is 0.236. The predicted octanol–water partition coefficient (Wildman–Crippen LogP) is 2.64. The van der Waals surface area contributed by atoms with Gasteiger partial charge in [0.15, 0.2) is 0 Å². The average Bonchev–Trinajstić information content (AvgIpc) is 3.09. The Bertz CT molecular complexity index is 679. The van der Waals surface area contributed by atoms with Crippen molar-refractivity contribution in [3.05, 3.63) is 35.6 Å². The molecule has 0 bridgehead atoms. The van der Waals surface area contributed by atoms with Gasteiger partial charge in [-0.3, -0.25) is 0 Å². The third-order valence-electron chi connectivity index (χ3n) is 4.53. The molecule has 22 heavy (non-hydrogen) atoms. The second-order valence-corrected chi connectivity index (χ2v) is 5.99. The maximum absolute atomic E-state index is 13.5. The van der Waals surface area contributed by atoms with Crippen LogP contribution in [0.25, 0.3) is 10.9 Å². The molecule has 5 heteroatoms. The minimum atomic E-state index is -0.236. The van der Waals surface area contributed by atoms with Gasteiger partial charge < -0.3 is 15.0 Å². The van der Waals surface area contributed by atoms with Crippen molar-refractivity contribution < 1.29 is 9.13 Å². The standard InChI is InChI=1S/C17H20FN3O/c18-13-4-3-12-10-14(15-2-1-5-19-15)17(20-16(12)11-13)21-6-8-22-9-7-21/h3-4,10-11,15,19H,1-2,5-9H2. The highest BCUT2D eigenvalue weighted by molar-refractivity contribution is 5.82. The summed E-state index contributed by atoms with van der Waals surface area (Å²) in [5, 5.41) is 4.56. The molecule has 0 amide bonds. The van der Waals surface area contributed by atoms with E-state index in [-0.39, 0.29) is 5.82 Å². The summed E-state index contributed by atoms with van der Waals surface area (Å²) in [6.07, 6.45) is 2.32. The van der Waals surface area contributed by atoms with Gasteiger partial charge in [0.2, 0.25) is 0 Å². The molecule has 116 valence electrons.